The number of nitrogens with zero attached hydrogens (tertiary/aromatic N) is 1. The SMILES string of the molecule is CCOC(=O)c1cccc(N(CCOC)CCOC)c1N. The summed E-state index contributed by atoms with van der Waals surface area (Å²) in [5.41, 5.74) is 7.72. The molecule has 0 amide bonds. The predicted octanol–water partition coefficient (Wildman–Crippen LogP) is 1.54. The second-order valence-corrected chi connectivity index (χ2v) is 4.43. The van der Waals surface area contributed by atoms with Gasteiger partial charge in [0, 0.05) is 27.3 Å². The average Bonchev–Trinajstić information content (AvgIpc) is 2.48. The monoisotopic (exact) mass is 296 g/mol. The van der Waals surface area contributed by atoms with Gasteiger partial charge < -0.3 is 24.8 Å². The molecule has 0 saturated carbocycles. The third-order valence-electron chi connectivity index (χ3n) is 3.05. The van der Waals surface area contributed by atoms with Crippen LogP contribution in [0.3, 0.4) is 0 Å². The lowest BCUT2D eigenvalue weighted by Crippen LogP contribution is -2.31. The summed E-state index contributed by atoms with van der Waals surface area (Å²) >= 11 is 0. The van der Waals surface area contributed by atoms with Gasteiger partial charge in [-0.1, -0.05) is 6.07 Å². The van der Waals surface area contributed by atoms with E-state index in [4.69, 9.17) is 19.9 Å². The van der Waals surface area contributed by atoms with E-state index >= 15 is 0 Å². The van der Waals surface area contributed by atoms with Gasteiger partial charge >= 0.3 is 5.97 Å². The Morgan fingerprint density at radius 1 is 1.19 bits per heavy atom. The van der Waals surface area contributed by atoms with Crippen LogP contribution >= 0.6 is 0 Å². The third-order valence-corrected chi connectivity index (χ3v) is 3.05. The molecule has 0 bridgehead atoms. The molecule has 1 aromatic carbocycles. The normalized spacial score (nSPS) is 10.4. The van der Waals surface area contributed by atoms with E-state index in [-0.39, 0.29) is 0 Å². The van der Waals surface area contributed by atoms with Crippen molar-refractivity contribution >= 4 is 17.3 Å². The summed E-state index contributed by atoms with van der Waals surface area (Å²) in [6, 6.07) is 5.34. The number of nitrogen functional groups attached to an aromatic ring is 1. The first-order valence-electron chi connectivity index (χ1n) is 6.94. The summed E-state index contributed by atoms with van der Waals surface area (Å²) < 4.78 is 15.2. The number of nitrogens with two attached hydrogens (primary N) is 1. The van der Waals surface area contributed by atoms with Gasteiger partial charge in [0.25, 0.3) is 0 Å². The fourth-order valence-corrected chi connectivity index (χ4v) is 1.97. The van der Waals surface area contributed by atoms with Crippen LogP contribution in [0.1, 0.15) is 17.3 Å². The first-order valence-corrected chi connectivity index (χ1v) is 6.94. The molecule has 0 aliphatic heterocycles. The van der Waals surface area contributed by atoms with Gasteiger partial charge in [0.15, 0.2) is 0 Å². The molecule has 118 valence electrons. The molecule has 6 heteroatoms. The summed E-state index contributed by atoms with van der Waals surface area (Å²) in [7, 11) is 3.29. The maximum atomic E-state index is 11.9. The third kappa shape index (κ3) is 4.91. The Morgan fingerprint density at radius 3 is 2.33 bits per heavy atom. The number of benzene rings is 1. The number of anilines is 2. The second-order valence-electron chi connectivity index (χ2n) is 4.43. The van der Waals surface area contributed by atoms with Crippen LogP contribution in [0.2, 0.25) is 0 Å². The highest BCUT2D eigenvalue weighted by atomic mass is 16.5. The van der Waals surface area contributed by atoms with E-state index in [0.29, 0.717) is 44.2 Å². The average molecular weight is 296 g/mol. The first-order chi connectivity index (χ1) is 10.2. The Hall–Kier alpha value is -1.79. The van der Waals surface area contributed by atoms with Gasteiger partial charge in [-0.15, -0.1) is 0 Å². The standard InChI is InChI=1S/C15H24N2O4/c1-4-21-15(18)12-6-5-7-13(14(12)16)17(8-10-19-2)9-11-20-3/h5-7H,4,8-11,16H2,1-3H3. The predicted molar refractivity (Wildman–Crippen MR) is 82.8 cm³/mol. The summed E-state index contributed by atoms with van der Waals surface area (Å²) in [4.78, 5) is 13.9. The maximum Gasteiger partial charge on any atom is 0.340 e. The number of hydrogen-bond donors (Lipinski definition) is 1. The summed E-state index contributed by atoms with van der Waals surface area (Å²) in [5.74, 6) is -0.407. The Balaban J connectivity index is 3.01. The topological polar surface area (TPSA) is 74.0 Å². The number of methoxy groups -OCH3 is 2. The van der Waals surface area contributed by atoms with E-state index in [1.54, 1.807) is 33.3 Å². The molecule has 0 radical (unpaired) electrons. The van der Waals surface area contributed by atoms with Crippen LogP contribution < -0.4 is 10.6 Å². The molecule has 0 atom stereocenters. The fraction of sp³-hybridized carbons (Fsp3) is 0.533. The Labute approximate surface area is 125 Å². The summed E-state index contributed by atoms with van der Waals surface area (Å²) in [6.45, 7) is 4.53. The van der Waals surface area contributed by atoms with Crippen LogP contribution in [-0.2, 0) is 14.2 Å². The van der Waals surface area contributed by atoms with Crippen molar-refractivity contribution in [2.45, 2.75) is 6.92 Å². The lowest BCUT2D eigenvalue weighted by Gasteiger charge is -2.26. The second kappa shape index (κ2) is 9.20. The molecule has 1 rings (SSSR count). The quantitative estimate of drug-likeness (QED) is 0.550. The number of ether oxygens (including phenoxy) is 3. The van der Waals surface area contributed by atoms with Gasteiger partial charge in [-0.05, 0) is 19.1 Å². The molecule has 1 aromatic rings. The fourth-order valence-electron chi connectivity index (χ4n) is 1.97. The largest absolute Gasteiger partial charge is 0.462 e. The molecule has 0 spiro atoms. The lowest BCUT2D eigenvalue weighted by molar-refractivity contribution is 0.0527. The van der Waals surface area contributed by atoms with Crippen LogP contribution in [0.4, 0.5) is 11.4 Å². The van der Waals surface area contributed by atoms with E-state index < -0.39 is 5.97 Å². The number of para-hydroxylation sites is 1. The molecule has 0 aliphatic rings. The molecule has 0 aliphatic carbocycles. The zero-order chi connectivity index (χ0) is 15.7. The molecule has 21 heavy (non-hydrogen) atoms. The van der Waals surface area contributed by atoms with Crippen molar-refractivity contribution in [2.24, 2.45) is 0 Å². The Morgan fingerprint density at radius 2 is 1.81 bits per heavy atom. The van der Waals surface area contributed by atoms with E-state index in [1.165, 1.54) is 0 Å². The molecule has 0 unspecified atom stereocenters. The van der Waals surface area contributed by atoms with Crippen LogP contribution in [-0.4, -0.2) is 53.1 Å². The Kier molecular flexibility index (Phi) is 7.56. The lowest BCUT2D eigenvalue weighted by atomic mass is 10.1. The van der Waals surface area contributed by atoms with Crippen LogP contribution in [0.5, 0.6) is 0 Å². The number of rotatable bonds is 9. The van der Waals surface area contributed by atoms with Gasteiger partial charge in [-0.25, -0.2) is 4.79 Å². The van der Waals surface area contributed by atoms with Crippen molar-refractivity contribution in [2.75, 3.05) is 57.8 Å². The van der Waals surface area contributed by atoms with E-state index in [9.17, 15) is 4.79 Å². The van der Waals surface area contributed by atoms with Crippen LogP contribution in [0, 0.1) is 0 Å². The van der Waals surface area contributed by atoms with E-state index in [2.05, 4.69) is 0 Å². The highest BCUT2D eigenvalue weighted by Crippen LogP contribution is 2.27. The van der Waals surface area contributed by atoms with Crippen LogP contribution in [0.15, 0.2) is 18.2 Å². The first kappa shape index (κ1) is 17.3. The van der Waals surface area contributed by atoms with Crippen molar-refractivity contribution in [1.29, 1.82) is 0 Å². The van der Waals surface area contributed by atoms with E-state index in [0.717, 1.165) is 5.69 Å². The zero-order valence-corrected chi connectivity index (χ0v) is 12.9. The highest BCUT2D eigenvalue weighted by molar-refractivity contribution is 5.98. The molecule has 0 saturated heterocycles. The van der Waals surface area contributed by atoms with Gasteiger partial charge in [-0.3, -0.25) is 0 Å². The maximum absolute atomic E-state index is 11.9. The molecule has 0 aromatic heterocycles. The number of carbonyl (C=O) groups excluding carboxylic acids is 1. The molecule has 0 heterocycles. The molecule has 0 fully saturated rings. The number of carbonyl (C=O) groups is 1. The van der Waals surface area contributed by atoms with Gasteiger partial charge in [0.2, 0.25) is 0 Å². The minimum atomic E-state index is -0.407. The molecular formula is C15H24N2O4. The van der Waals surface area contributed by atoms with Crippen molar-refractivity contribution in [3.05, 3.63) is 23.8 Å². The Bertz CT molecular complexity index is 443. The molecule has 6 nitrogen and oxygen atoms in total. The van der Waals surface area contributed by atoms with Gasteiger partial charge in [0.05, 0.1) is 36.8 Å². The van der Waals surface area contributed by atoms with Gasteiger partial charge in [0.1, 0.15) is 0 Å². The van der Waals surface area contributed by atoms with Crippen LogP contribution in [0.25, 0.3) is 0 Å². The van der Waals surface area contributed by atoms with Gasteiger partial charge in [-0.2, -0.15) is 0 Å². The van der Waals surface area contributed by atoms with Crippen molar-refractivity contribution in [3.63, 3.8) is 0 Å². The van der Waals surface area contributed by atoms with Crippen molar-refractivity contribution < 1.29 is 19.0 Å². The van der Waals surface area contributed by atoms with E-state index in [1.807, 2.05) is 11.0 Å². The smallest absolute Gasteiger partial charge is 0.340 e. The molecular weight excluding hydrogens is 272 g/mol. The van der Waals surface area contributed by atoms with Crippen molar-refractivity contribution in [1.82, 2.24) is 0 Å². The minimum absolute atomic E-state index is 0.319. The molecule has 2 N–H and O–H groups in total. The number of hydrogen-bond acceptors (Lipinski definition) is 6. The summed E-state index contributed by atoms with van der Waals surface area (Å²) in [6.07, 6.45) is 0. The number of esters is 1. The summed E-state index contributed by atoms with van der Waals surface area (Å²) in [5, 5.41) is 0. The zero-order valence-electron chi connectivity index (χ0n) is 12.9. The highest BCUT2D eigenvalue weighted by Gasteiger charge is 2.17. The van der Waals surface area contributed by atoms with Crippen molar-refractivity contribution in [3.8, 4) is 0 Å². The minimum Gasteiger partial charge on any atom is -0.462 e.